The summed E-state index contributed by atoms with van der Waals surface area (Å²) in [6.45, 7) is 6.49. The van der Waals surface area contributed by atoms with E-state index in [1.165, 1.54) is 12.1 Å². The van der Waals surface area contributed by atoms with Crippen molar-refractivity contribution in [3.8, 4) is 11.4 Å². The average Bonchev–Trinajstić information content (AvgIpc) is 3.12. The highest BCUT2D eigenvalue weighted by Crippen LogP contribution is 2.57. The van der Waals surface area contributed by atoms with Gasteiger partial charge in [0.2, 0.25) is 0 Å². The normalized spacial score (nSPS) is 26.9. The topological polar surface area (TPSA) is 71.7 Å². The molecule has 3 aromatic rings. The molecule has 0 radical (unpaired) electrons. The molecule has 168 valence electrons. The van der Waals surface area contributed by atoms with Gasteiger partial charge in [-0.05, 0) is 69.0 Å². The van der Waals surface area contributed by atoms with Crippen LogP contribution < -0.4 is 0 Å². The molecule has 1 spiro atoms. The molecule has 5 nitrogen and oxygen atoms in total. The molecular weight excluding hydrogens is 409 g/mol. The lowest BCUT2D eigenvalue weighted by atomic mass is 9.65. The predicted molar refractivity (Wildman–Crippen MR) is 120 cm³/mol. The molecule has 1 aromatic heterocycles. The van der Waals surface area contributed by atoms with Gasteiger partial charge in [-0.15, -0.1) is 0 Å². The number of fused-ring (bicyclic) bond motifs is 4. The molecule has 1 saturated carbocycles. The molecule has 6 heteroatoms. The Bertz CT molecular complexity index is 1220. The first-order valence-electron chi connectivity index (χ1n) is 11.1. The standard InChI is InChI=1S/C26H28FNO4/c1-24(2)15-32-26(13-11-25(3,12-14-26)23(30)31)21-20-18(5-4-6-19(20)29)28(22(21)24)17-9-7-16(27)8-10-17/h4-10,29H,11-15H2,1-3H3,(H,30,31)/t25-,26+. The number of aromatic nitrogens is 1. The summed E-state index contributed by atoms with van der Waals surface area (Å²) in [6.07, 6.45) is 2.13. The number of hydrogen-bond donors (Lipinski definition) is 2. The largest absolute Gasteiger partial charge is 0.507 e. The van der Waals surface area contributed by atoms with Crippen LogP contribution in [0.4, 0.5) is 4.39 Å². The van der Waals surface area contributed by atoms with Crippen molar-refractivity contribution in [3.63, 3.8) is 0 Å². The number of halogens is 1. The van der Waals surface area contributed by atoms with E-state index >= 15 is 0 Å². The van der Waals surface area contributed by atoms with Gasteiger partial charge in [-0.3, -0.25) is 4.79 Å². The molecule has 32 heavy (non-hydrogen) atoms. The molecule has 2 aromatic carbocycles. The maximum absolute atomic E-state index is 13.7. The van der Waals surface area contributed by atoms with Gasteiger partial charge in [0, 0.05) is 27.7 Å². The summed E-state index contributed by atoms with van der Waals surface area (Å²) >= 11 is 0. The Morgan fingerprint density at radius 2 is 1.69 bits per heavy atom. The molecular formula is C26H28FNO4. The number of phenolic OH excluding ortho intramolecular Hbond substituents is 1. The van der Waals surface area contributed by atoms with Gasteiger partial charge in [-0.1, -0.05) is 19.9 Å². The molecule has 1 fully saturated rings. The second-order valence-corrected chi connectivity index (χ2v) is 10.2. The van der Waals surface area contributed by atoms with Crippen LogP contribution in [0.1, 0.15) is 57.7 Å². The number of phenols is 1. The number of carboxylic acid groups (broad SMARTS) is 1. The molecule has 0 bridgehead atoms. The number of aromatic hydroxyl groups is 1. The lowest BCUT2D eigenvalue weighted by Gasteiger charge is -2.49. The number of carboxylic acids is 1. The predicted octanol–water partition coefficient (Wildman–Crippen LogP) is 5.64. The summed E-state index contributed by atoms with van der Waals surface area (Å²) in [5.74, 6) is -0.909. The third-order valence-corrected chi connectivity index (χ3v) is 7.54. The number of aliphatic carboxylic acids is 1. The third kappa shape index (κ3) is 2.89. The molecule has 0 amide bonds. The van der Waals surface area contributed by atoms with E-state index in [1.54, 1.807) is 25.1 Å². The first-order valence-corrected chi connectivity index (χ1v) is 11.1. The zero-order valence-corrected chi connectivity index (χ0v) is 18.6. The fraction of sp³-hybridized carbons (Fsp3) is 0.423. The van der Waals surface area contributed by atoms with Crippen LogP contribution in [0.3, 0.4) is 0 Å². The lowest BCUT2D eigenvalue weighted by Crippen LogP contribution is -2.48. The lowest BCUT2D eigenvalue weighted by molar-refractivity contribution is -0.160. The number of nitrogens with zero attached hydrogens (tertiary/aromatic N) is 1. The van der Waals surface area contributed by atoms with Crippen molar-refractivity contribution in [1.82, 2.24) is 4.57 Å². The van der Waals surface area contributed by atoms with Crippen LogP contribution in [0.2, 0.25) is 0 Å². The molecule has 1 aliphatic carbocycles. The Labute approximate surface area is 186 Å². The maximum Gasteiger partial charge on any atom is 0.309 e. The second-order valence-electron chi connectivity index (χ2n) is 10.2. The van der Waals surface area contributed by atoms with Gasteiger partial charge < -0.3 is 19.5 Å². The fourth-order valence-corrected chi connectivity index (χ4v) is 5.54. The number of rotatable bonds is 2. The van der Waals surface area contributed by atoms with E-state index in [0.29, 0.717) is 32.3 Å². The van der Waals surface area contributed by atoms with Crippen LogP contribution in [0.25, 0.3) is 16.6 Å². The van der Waals surface area contributed by atoms with Gasteiger partial charge in [-0.2, -0.15) is 0 Å². The van der Waals surface area contributed by atoms with Crippen LogP contribution in [0, 0.1) is 11.2 Å². The second kappa shape index (κ2) is 6.82. The van der Waals surface area contributed by atoms with Crippen LogP contribution in [0.5, 0.6) is 5.75 Å². The summed E-state index contributed by atoms with van der Waals surface area (Å²) in [5.41, 5.74) is 1.82. The Kier molecular flexibility index (Phi) is 4.48. The highest BCUT2D eigenvalue weighted by molar-refractivity contribution is 5.94. The van der Waals surface area contributed by atoms with Crippen LogP contribution >= 0.6 is 0 Å². The number of ether oxygens (including phenoxy) is 1. The minimum absolute atomic E-state index is 0.173. The van der Waals surface area contributed by atoms with Crippen molar-refractivity contribution in [2.75, 3.05) is 6.61 Å². The Balaban J connectivity index is 1.81. The van der Waals surface area contributed by atoms with Gasteiger partial charge in [-0.25, -0.2) is 4.39 Å². The van der Waals surface area contributed by atoms with Crippen molar-refractivity contribution in [1.29, 1.82) is 0 Å². The smallest absolute Gasteiger partial charge is 0.309 e. The molecule has 1 aliphatic heterocycles. The highest BCUT2D eigenvalue weighted by atomic mass is 19.1. The molecule has 0 atom stereocenters. The number of hydrogen-bond acceptors (Lipinski definition) is 3. The molecule has 2 aliphatic rings. The zero-order valence-electron chi connectivity index (χ0n) is 18.6. The van der Waals surface area contributed by atoms with E-state index in [2.05, 4.69) is 18.4 Å². The first-order chi connectivity index (χ1) is 15.1. The Morgan fingerprint density at radius 3 is 2.31 bits per heavy atom. The van der Waals surface area contributed by atoms with Crippen molar-refractivity contribution in [2.24, 2.45) is 5.41 Å². The summed E-state index contributed by atoms with van der Waals surface area (Å²) in [4.78, 5) is 11.9. The number of carbonyl (C=O) groups is 1. The van der Waals surface area contributed by atoms with E-state index < -0.39 is 17.0 Å². The summed E-state index contributed by atoms with van der Waals surface area (Å²) in [6, 6.07) is 11.8. The summed E-state index contributed by atoms with van der Waals surface area (Å²) < 4.78 is 22.4. The molecule has 2 heterocycles. The van der Waals surface area contributed by atoms with Crippen LogP contribution in [0.15, 0.2) is 42.5 Å². The maximum atomic E-state index is 13.7. The summed E-state index contributed by atoms with van der Waals surface area (Å²) in [7, 11) is 0. The van der Waals surface area contributed by atoms with Gasteiger partial charge in [0.1, 0.15) is 11.6 Å². The summed E-state index contributed by atoms with van der Waals surface area (Å²) in [5, 5.41) is 21.5. The minimum Gasteiger partial charge on any atom is -0.507 e. The van der Waals surface area contributed by atoms with E-state index in [9.17, 15) is 19.4 Å². The van der Waals surface area contributed by atoms with Crippen molar-refractivity contribution >= 4 is 16.9 Å². The Morgan fingerprint density at radius 1 is 1.03 bits per heavy atom. The van der Waals surface area contributed by atoms with Crippen LogP contribution in [-0.4, -0.2) is 27.4 Å². The van der Waals surface area contributed by atoms with Gasteiger partial charge in [0.15, 0.2) is 0 Å². The first kappa shape index (κ1) is 21.0. The SMILES string of the molecule is CC1(C)CO[C@]2(CC[C@@](C)(C(=O)O)CC2)c2c1n(-c1ccc(F)cc1)c1cccc(O)c12. The van der Waals surface area contributed by atoms with E-state index in [0.717, 1.165) is 27.8 Å². The van der Waals surface area contributed by atoms with E-state index in [-0.39, 0.29) is 17.0 Å². The van der Waals surface area contributed by atoms with Gasteiger partial charge in [0.05, 0.1) is 23.1 Å². The van der Waals surface area contributed by atoms with Crippen molar-refractivity contribution in [2.45, 2.75) is 57.5 Å². The van der Waals surface area contributed by atoms with Gasteiger partial charge in [0.25, 0.3) is 0 Å². The van der Waals surface area contributed by atoms with Crippen molar-refractivity contribution < 1.29 is 24.1 Å². The van der Waals surface area contributed by atoms with E-state index in [1.807, 2.05) is 12.1 Å². The minimum atomic E-state index is -0.779. The van der Waals surface area contributed by atoms with Gasteiger partial charge >= 0.3 is 5.97 Å². The molecule has 5 rings (SSSR count). The van der Waals surface area contributed by atoms with Crippen molar-refractivity contribution in [3.05, 3.63) is 59.5 Å². The van der Waals surface area contributed by atoms with E-state index in [4.69, 9.17) is 4.74 Å². The monoisotopic (exact) mass is 437 g/mol. The average molecular weight is 438 g/mol. The highest BCUT2D eigenvalue weighted by Gasteiger charge is 2.53. The number of benzene rings is 2. The Hall–Kier alpha value is -2.86. The molecule has 0 unspecified atom stereocenters. The molecule has 0 saturated heterocycles. The van der Waals surface area contributed by atoms with Crippen LogP contribution in [-0.2, 0) is 20.5 Å². The third-order valence-electron chi connectivity index (χ3n) is 7.54. The fourth-order valence-electron chi connectivity index (χ4n) is 5.54. The quantitative estimate of drug-likeness (QED) is 0.544. The molecule has 2 N–H and O–H groups in total. The zero-order chi connectivity index (χ0) is 22.9.